The molecule has 0 amide bonds. The fourth-order valence-corrected chi connectivity index (χ4v) is 2.04. The van der Waals surface area contributed by atoms with Gasteiger partial charge < -0.3 is 0 Å². The standard InChI is InChI=1S/C18H30/c1-3-5-7-9-11-13-15-17-18-16-14-12-10-8-6-4-2/h4,6,8,10,12H,3,5,7,9,11,13-18H2,1H3. The van der Waals surface area contributed by atoms with E-state index in [4.69, 9.17) is 6.58 Å². The summed E-state index contributed by atoms with van der Waals surface area (Å²) in [6.45, 7) is 9.09. The quantitative estimate of drug-likeness (QED) is 0.265. The molecule has 0 spiro atoms. The lowest BCUT2D eigenvalue weighted by Crippen LogP contribution is -1.81. The molecule has 0 fully saturated rings. The Morgan fingerprint density at radius 2 is 1.22 bits per heavy atom. The zero-order valence-electron chi connectivity index (χ0n) is 12.2. The molecule has 0 heterocycles. The third-order valence-electron chi connectivity index (χ3n) is 3.18. The van der Waals surface area contributed by atoms with Crippen LogP contribution in [-0.2, 0) is 0 Å². The Bertz CT molecular complexity index is 210. The second-order valence-electron chi connectivity index (χ2n) is 4.95. The molecule has 0 aromatic heterocycles. The van der Waals surface area contributed by atoms with Crippen LogP contribution in [0, 0.1) is 6.58 Å². The van der Waals surface area contributed by atoms with Crippen LogP contribution in [0.2, 0.25) is 0 Å². The van der Waals surface area contributed by atoms with Gasteiger partial charge in [-0.05, 0) is 19.4 Å². The van der Waals surface area contributed by atoms with Gasteiger partial charge in [0.1, 0.15) is 0 Å². The fourth-order valence-electron chi connectivity index (χ4n) is 2.04. The highest BCUT2D eigenvalue weighted by Gasteiger charge is 1.91. The van der Waals surface area contributed by atoms with Gasteiger partial charge in [0.25, 0.3) is 0 Å². The number of allylic oxidation sites excluding steroid dienone is 5. The minimum Gasteiger partial charge on any atom is -0.0845 e. The molecule has 0 aliphatic heterocycles. The summed E-state index contributed by atoms with van der Waals surface area (Å²) < 4.78 is 0. The van der Waals surface area contributed by atoms with Crippen molar-refractivity contribution >= 4 is 0 Å². The zero-order chi connectivity index (χ0) is 13.3. The summed E-state index contributed by atoms with van der Waals surface area (Å²) >= 11 is 0. The van der Waals surface area contributed by atoms with Gasteiger partial charge in [-0.15, -0.1) is 0 Å². The average molecular weight is 246 g/mol. The van der Waals surface area contributed by atoms with Crippen molar-refractivity contribution in [3.63, 3.8) is 0 Å². The minimum absolute atomic E-state index is 1.18. The maximum atomic E-state index is 6.82. The smallest absolute Gasteiger partial charge is 0.00990 e. The summed E-state index contributed by atoms with van der Waals surface area (Å²) in [5.41, 5.74) is 0. The molecule has 0 N–H and O–H groups in total. The molecule has 0 unspecified atom stereocenters. The van der Waals surface area contributed by atoms with E-state index >= 15 is 0 Å². The molecule has 102 valence electrons. The van der Waals surface area contributed by atoms with Crippen LogP contribution < -0.4 is 0 Å². The molecule has 0 aliphatic rings. The van der Waals surface area contributed by atoms with Crippen molar-refractivity contribution in [2.45, 2.75) is 77.6 Å². The summed E-state index contributed by atoms with van der Waals surface area (Å²) in [7, 11) is 0. The van der Waals surface area contributed by atoms with Gasteiger partial charge in [0.2, 0.25) is 0 Å². The average Bonchev–Trinajstić information content (AvgIpc) is 2.39. The van der Waals surface area contributed by atoms with Crippen molar-refractivity contribution in [3.05, 3.63) is 37.0 Å². The van der Waals surface area contributed by atoms with E-state index in [1.165, 1.54) is 76.7 Å². The number of hydrogen-bond acceptors (Lipinski definition) is 0. The Labute approximate surface area is 115 Å². The SMILES string of the molecule is [C]=CC=CC=CCCCCCCCCCCCC. The maximum absolute atomic E-state index is 6.82. The van der Waals surface area contributed by atoms with Crippen LogP contribution in [0.4, 0.5) is 0 Å². The van der Waals surface area contributed by atoms with Crippen LogP contribution in [0.25, 0.3) is 0 Å². The Morgan fingerprint density at radius 3 is 1.78 bits per heavy atom. The van der Waals surface area contributed by atoms with Gasteiger partial charge in [-0.1, -0.05) is 95.1 Å². The van der Waals surface area contributed by atoms with E-state index in [-0.39, 0.29) is 0 Å². The second kappa shape index (κ2) is 16.2. The topological polar surface area (TPSA) is 0 Å². The van der Waals surface area contributed by atoms with Crippen LogP contribution in [0.5, 0.6) is 0 Å². The summed E-state index contributed by atoms with van der Waals surface area (Å²) in [5.74, 6) is 0. The molecule has 0 rings (SSSR count). The zero-order valence-corrected chi connectivity index (χ0v) is 12.2. The molecule has 0 saturated carbocycles. The lowest BCUT2D eigenvalue weighted by molar-refractivity contribution is 0.557. The first-order valence-electron chi connectivity index (χ1n) is 7.74. The Balaban J connectivity index is 3.05. The fraction of sp³-hybridized carbons (Fsp3) is 0.667. The summed E-state index contributed by atoms with van der Waals surface area (Å²) in [5, 5.41) is 0. The molecular formula is C18H30. The molecule has 0 aromatic rings. The van der Waals surface area contributed by atoms with Crippen LogP contribution in [0.1, 0.15) is 77.6 Å². The van der Waals surface area contributed by atoms with E-state index in [0.29, 0.717) is 0 Å². The van der Waals surface area contributed by atoms with Crippen molar-refractivity contribution in [3.8, 4) is 0 Å². The molecule has 2 radical (unpaired) electrons. The molecule has 0 aliphatic carbocycles. The van der Waals surface area contributed by atoms with E-state index < -0.39 is 0 Å². The van der Waals surface area contributed by atoms with Gasteiger partial charge in [0, 0.05) is 0 Å². The van der Waals surface area contributed by atoms with Gasteiger partial charge in [-0.2, -0.15) is 0 Å². The first-order chi connectivity index (χ1) is 8.91. The van der Waals surface area contributed by atoms with Gasteiger partial charge in [0.05, 0.1) is 0 Å². The summed E-state index contributed by atoms with van der Waals surface area (Å²) in [6.07, 6.45) is 24.4. The highest BCUT2D eigenvalue weighted by molar-refractivity contribution is 5.07. The third-order valence-corrected chi connectivity index (χ3v) is 3.18. The van der Waals surface area contributed by atoms with E-state index in [1.807, 2.05) is 12.2 Å². The molecule has 0 nitrogen and oxygen atoms in total. The van der Waals surface area contributed by atoms with Crippen LogP contribution in [0.3, 0.4) is 0 Å². The van der Waals surface area contributed by atoms with Gasteiger partial charge in [-0.3, -0.25) is 0 Å². The largest absolute Gasteiger partial charge is 0.0845 e. The van der Waals surface area contributed by atoms with E-state index in [0.717, 1.165) is 0 Å². The van der Waals surface area contributed by atoms with Crippen molar-refractivity contribution in [1.82, 2.24) is 0 Å². The van der Waals surface area contributed by atoms with Crippen LogP contribution in [-0.4, -0.2) is 0 Å². The number of hydrogen-bond donors (Lipinski definition) is 0. The molecular weight excluding hydrogens is 216 g/mol. The Morgan fingerprint density at radius 1 is 0.667 bits per heavy atom. The van der Waals surface area contributed by atoms with Gasteiger partial charge in [0.15, 0.2) is 0 Å². The van der Waals surface area contributed by atoms with Crippen molar-refractivity contribution in [2.75, 3.05) is 0 Å². The van der Waals surface area contributed by atoms with E-state index in [2.05, 4.69) is 13.0 Å². The van der Waals surface area contributed by atoms with Crippen LogP contribution in [0.15, 0.2) is 30.4 Å². The second-order valence-corrected chi connectivity index (χ2v) is 4.95. The van der Waals surface area contributed by atoms with Crippen molar-refractivity contribution in [1.29, 1.82) is 0 Å². The van der Waals surface area contributed by atoms with E-state index in [1.54, 1.807) is 6.08 Å². The Kier molecular flexibility index (Phi) is 15.5. The molecule has 0 bridgehead atoms. The summed E-state index contributed by atoms with van der Waals surface area (Å²) in [6, 6.07) is 0. The third kappa shape index (κ3) is 15.2. The molecule has 0 saturated heterocycles. The first kappa shape index (κ1) is 17.2. The minimum atomic E-state index is 1.18. The molecule has 18 heavy (non-hydrogen) atoms. The predicted octanol–water partition coefficient (Wildman–Crippen LogP) is 6.28. The normalized spacial score (nSPS) is 11.6. The monoisotopic (exact) mass is 246 g/mol. The van der Waals surface area contributed by atoms with Crippen molar-refractivity contribution < 1.29 is 0 Å². The summed E-state index contributed by atoms with van der Waals surface area (Å²) in [4.78, 5) is 0. The number of unbranched alkanes of at least 4 members (excludes halogenated alkanes) is 10. The molecule has 0 atom stereocenters. The Hall–Kier alpha value is -0.780. The predicted molar refractivity (Wildman–Crippen MR) is 82.6 cm³/mol. The molecule has 0 heteroatoms. The van der Waals surface area contributed by atoms with Gasteiger partial charge in [-0.25, -0.2) is 0 Å². The lowest BCUT2D eigenvalue weighted by Gasteiger charge is -2.01. The number of rotatable bonds is 13. The van der Waals surface area contributed by atoms with Crippen LogP contribution >= 0.6 is 0 Å². The molecule has 0 aromatic carbocycles. The van der Waals surface area contributed by atoms with E-state index in [9.17, 15) is 0 Å². The first-order valence-corrected chi connectivity index (χ1v) is 7.74. The van der Waals surface area contributed by atoms with Gasteiger partial charge >= 0.3 is 0 Å². The highest BCUT2D eigenvalue weighted by atomic mass is 14.0. The maximum Gasteiger partial charge on any atom is -0.00990 e. The highest BCUT2D eigenvalue weighted by Crippen LogP contribution is 2.11. The lowest BCUT2D eigenvalue weighted by atomic mass is 10.1. The van der Waals surface area contributed by atoms with Crippen molar-refractivity contribution in [2.24, 2.45) is 0 Å².